The Balaban J connectivity index is 0.00000225. The number of thiazole rings is 1. The number of nitrogens with one attached hydrogen (secondary N) is 1. The molecule has 28 heavy (non-hydrogen) atoms. The van der Waals surface area contributed by atoms with Crippen LogP contribution in [0.25, 0.3) is 10.7 Å². The molecule has 146 valence electrons. The lowest BCUT2D eigenvalue weighted by Gasteiger charge is -2.16. The first-order chi connectivity index (χ1) is 13.1. The number of halogens is 2. The minimum absolute atomic E-state index is 0. The highest BCUT2D eigenvalue weighted by Crippen LogP contribution is 2.32. The highest BCUT2D eigenvalue weighted by atomic mass is 35.5. The summed E-state index contributed by atoms with van der Waals surface area (Å²) < 4.78 is 5.99. The number of hydrogen-bond donors (Lipinski definition) is 1. The molecule has 0 bridgehead atoms. The van der Waals surface area contributed by atoms with Crippen LogP contribution in [0.2, 0.25) is 4.34 Å². The lowest BCUT2D eigenvalue weighted by molar-refractivity contribution is -0.117. The van der Waals surface area contributed by atoms with Crippen molar-refractivity contribution in [2.45, 2.75) is 12.8 Å². The number of pyridine rings is 2. The fraction of sp³-hybridized carbons (Fsp3) is 0.222. The van der Waals surface area contributed by atoms with Crippen molar-refractivity contribution in [2.75, 3.05) is 23.9 Å². The Hall–Kier alpha value is -2.42. The largest absolute Gasteiger partial charge is 0.493 e. The molecular weight excluding hydrogens is 421 g/mol. The van der Waals surface area contributed by atoms with E-state index in [0.717, 1.165) is 23.7 Å². The average molecular weight is 438 g/mol. The van der Waals surface area contributed by atoms with Crippen molar-refractivity contribution in [1.29, 1.82) is 0 Å². The molecule has 3 aromatic heterocycles. The third-order valence-corrected chi connectivity index (χ3v) is 5.29. The molecule has 1 aliphatic rings. The standard InChI is InChI=1S/C18H16ClN5O2S.ClH/c1-26-13-6-5-12(18-21-10-14(19)27-18)22-17(13)23-15-7-4-11(9-20-15)24-8-2-3-16(24)25;/h4-7,9-10H,2-3,8H2,1H3,(H,20,22,23);1H. The number of carbonyl (C=O) groups is 1. The molecule has 10 heteroatoms. The van der Waals surface area contributed by atoms with Gasteiger partial charge in [-0.15, -0.1) is 23.7 Å². The van der Waals surface area contributed by atoms with Crippen LogP contribution in [-0.2, 0) is 4.79 Å². The zero-order chi connectivity index (χ0) is 18.8. The van der Waals surface area contributed by atoms with Gasteiger partial charge in [-0.2, -0.15) is 0 Å². The average Bonchev–Trinajstić information content (AvgIpc) is 3.31. The van der Waals surface area contributed by atoms with E-state index in [1.807, 2.05) is 24.3 Å². The van der Waals surface area contributed by atoms with Crippen LogP contribution >= 0.6 is 35.3 Å². The van der Waals surface area contributed by atoms with Crippen LogP contribution in [-0.4, -0.2) is 34.5 Å². The topological polar surface area (TPSA) is 80.2 Å². The molecular formula is C18H17Cl2N5O2S. The Bertz CT molecular complexity index is 980. The van der Waals surface area contributed by atoms with Gasteiger partial charge in [-0.3, -0.25) is 4.79 Å². The van der Waals surface area contributed by atoms with E-state index in [2.05, 4.69) is 20.3 Å². The van der Waals surface area contributed by atoms with Crippen molar-refractivity contribution in [3.63, 3.8) is 0 Å². The molecule has 3 aromatic rings. The Labute approximate surface area is 177 Å². The number of anilines is 3. The first-order valence-electron chi connectivity index (χ1n) is 8.34. The maximum atomic E-state index is 11.8. The molecule has 4 heterocycles. The molecule has 0 saturated carbocycles. The summed E-state index contributed by atoms with van der Waals surface area (Å²) in [6.45, 7) is 0.737. The lowest BCUT2D eigenvalue weighted by atomic mass is 10.3. The molecule has 1 aliphatic heterocycles. The summed E-state index contributed by atoms with van der Waals surface area (Å²) in [6, 6.07) is 7.33. The van der Waals surface area contributed by atoms with Gasteiger partial charge in [-0.05, 0) is 30.7 Å². The Morgan fingerprint density at radius 3 is 2.68 bits per heavy atom. The summed E-state index contributed by atoms with van der Waals surface area (Å²) in [7, 11) is 1.58. The van der Waals surface area contributed by atoms with E-state index < -0.39 is 0 Å². The van der Waals surface area contributed by atoms with E-state index in [-0.39, 0.29) is 18.3 Å². The quantitative estimate of drug-likeness (QED) is 0.630. The number of hydrogen-bond acceptors (Lipinski definition) is 7. The van der Waals surface area contributed by atoms with Gasteiger partial charge in [0.1, 0.15) is 20.9 Å². The molecule has 1 N–H and O–H groups in total. The maximum Gasteiger partial charge on any atom is 0.227 e. The van der Waals surface area contributed by atoms with Crippen molar-refractivity contribution in [3.05, 3.63) is 41.0 Å². The highest BCUT2D eigenvalue weighted by molar-refractivity contribution is 7.18. The molecule has 1 amide bonds. The Kier molecular flexibility index (Phi) is 6.33. The number of aromatic nitrogens is 3. The lowest BCUT2D eigenvalue weighted by Crippen LogP contribution is -2.23. The van der Waals surface area contributed by atoms with Gasteiger partial charge in [0.2, 0.25) is 5.91 Å². The van der Waals surface area contributed by atoms with E-state index >= 15 is 0 Å². The fourth-order valence-corrected chi connectivity index (χ4v) is 3.74. The number of amides is 1. The molecule has 0 aliphatic carbocycles. The first kappa shape index (κ1) is 20.3. The summed E-state index contributed by atoms with van der Waals surface area (Å²) in [4.78, 5) is 26.8. The zero-order valence-corrected chi connectivity index (χ0v) is 17.3. The molecule has 1 fully saturated rings. The van der Waals surface area contributed by atoms with E-state index in [9.17, 15) is 4.79 Å². The second-order valence-electron chi connectivity index (χ2n) is 5.89. The van der Waals surface area contributed by atoms with Gasteiger partial charge in [0.15, 0.2) is 11.6 Å². The SMILES string of the molecule is COc1ccc(-c2ncc(Cl)s2)nc1Nc1ccc(N2CCCC2=O)cn1.Cl. The molecule has 7 nitrogen and oxygen atoms in total. The van der Waals surface area contributed by atoms with Crippen molar-refractivity contribution >= 4 is 58.6 Å². The predicted octanol–water partition coefficient (Wildman–Crippen LogP) is 4.55. The minimum atomic E-state index is 0. The normalized spacial score (nSPS) is 13.4. The predicted molar refractivity (Wildman–Crippen MR) is 113 cm³/mol. The smallest absolute Gasteiger partial charge is 0.227 e. The molecule has 4 rings (SSSR count). The Morgan fingerprint density at radius 1 is 1.21 bits per heavy atom. The van der Waals surface area contributed by atoms with Crippen molar-refractivity contribution in [1.82, 2.24) is 15.0 Å². The number of ether oxygens (including phenoxy) is 1. The van der Waals surface area contributed by atoms with Gasteiger partial charge in [-0.1, -0.05) is 11.6 Å². The summed E-state index contributed by atoms with van der Waals surface area (Å²) >= 11 is 7.32. The molecule has 0 aromatic carbocycles. The minimum Gasteiger partial charge on any atom is -0.493 e. The zero-order valence-electron chi connectivity index (χ0n) is 14.9. The van der Waals surface area contributed by atoms with Crippen LogP contribution in [0.1, 0.15) is 12.8 Å². The van der Waals surface area contributed by atoms with Gasteiger partial charge < -0.3 is 15.0 Å². The molecule has 0 spiro atoms. The summed E-state index contributed by atoms with van der Waals surface area (Å²) in [5, 5.41) is 3.89. The summed E-state index contributed by atoms with van der Waals surface area (Å²) in [6.07, 6.45) is 4.76. The van der Waals surface area contributed by atoms with Gasteiger partial charge >= 0.3 is 0 Å². The van der Waals surface area contributed by atoms with E-state index in [4.69, 9.17) is 16.3 Å². The molecule has 0 radical (unpaired) electrons. The van der Waals surface area contributed by atoms with Crippen molar-refractivity contribution in [3.8, 4) is 16.5 Å². The van der Waals surface area contributed by atoms with Crippen molar-refractivity contribution in [2.24, 2.45) is 0 Å². The van der Waals surface area contributed by atoms with Gasteiger partial charge in [0.25, 0.3) is 0 Å². The molecule has 1 saturated heterocycles. The third kappa shape index (κ3) is 4.19. The second-order valence-corrected chi connectivity index (χ2v) is 7.55. The summed E-state index contributed by atoms with van der Waals surface area (Å²) in [5.41, 5.74) is 1.49. The summed E-state index contributed by atoms with van der Waals surface area (Å²) in [5.74, 6) is 1.85. The van der Waals surface area contributed by atoms with Crippen LogP contribution in [0.5, 0.6) is 5.75 Å². The fourth-order valence-electron chi connectivity index (χ4n) is 2.85. The monoisotopic (exact) mass is 437 g/mol. The van der Waals surface area contributed by atoms with Crippen molar-refractivity contribution < 1.29 is 9.53 Å². The Morgan fingerprint density at radius 2 is 2.07 bits per heavy atom. The first-order valence-corrected chi connectivity index (χ1v) is 9.53. The number of methoxy groups -OCH3 is 1. The highest BCUT2D eigenvalue weighted by Gasteiger charge is 2.21. The van der Waals surface area contributed by atoms with Gasteiger partial charge in [0.05, 0.1) is 25.2 Å². The number of carbonyl (C=O) groups excluding carboxylic acids is 1. The van der Waals surface area contributed by atoms with E-state index in [1.54, 1.807) is 24.4 Å². The maximum absolute atomic E-state index is 11.8. The van der Waals surface area contributed by atoms with Gasteiger partial charge in [0, 0.05) is 13.0 Å². The van der Waals surface area contributed by atoms with Crippen LogP contribution in [0.4, 0.5) is 17.3 Å². The number of rotatable bonds is 5. The van der Waals surface area contributed by atoms with Crippen LogP contribution in [0.15, 0.2) is 36.7 Å². The molecule has 0 atom stereocenters. The number of nitrogens with zero attached hydrogens (tertiary/aromatic N) is 4. The van der Waals surface area contributed by atoms with Crippen LogP contribution in [0.3, 0.4) is 0 Å². The van der Waals surface area contributed by atoms with Gasteiger partial charge in [-0.25, -0.2) is 15.0 Å². The molecule has 0 unspecified atom stereocenters. The second kappa shape index (κ2) is 8.72. The third-order valence-electron chi connectivity index (χ3n) is 4.15. The van der Waals surface area contributed by atoms with Crippen LogP contribution < -0.4 is 15.0 Å². The van der Waals surface area contributed by atoms with E-state index in [1.165, 1.54) is 11.3 Å². The van der Waals surface area contributed by atoms with Crippen LogP contribution in [0, 0.1) is 0 Å². The van der Waals surface area contributed by atoms with E-state index in [0.29, 0.717) is 33.8 Å².